The van der Waals surface area contributed by atoms with Crippen LogP contribution >= 0.6 is 0 Å². The van der Waals surface area contributed by atoms with Crippen LogP contribution in [0.1, 0.15) is 24.3 Å². The Morgan fingerprint density at radius 1 is 1.29 bits per heavy atom. The summed E-state index contributed by atoms with van der Waals surface area (Å²) in [5.74, 6) is 0.444. The lowest BCUT2D eigenvalue weighted by Gasteiger charge is -2.36. The second-order valence-corrected chi connectivity index (χ2v) is 5.20. The normalized spacial score (nSPS) is 18.8. The number of ether oxygens (including phenoxy) is 1. The Morgan fingerprint density at radius 3 is 2.57 bits per heavy atom. The first-order valence-corrected chi connectivity index (χ1v) is 7.26. The van der Waals surface area contributed by atoms with Gasteiger partial charge in [-0.3, -0.25) is 9.69 Å². The van der Waals surface area contributed by atoms with Crippen LogP contribution in [0.5, 0.6) is 0 Å². The van der Waals surface area contributed by atoms with Crippen molar-refractivity contribution in [2.24, 2.45) is 0 Å². The number of rotatable bonds is 5. The van der Waals surface area contributed by atoms with Crippen LogP contribution < -0.4 is 10.6 Å². The minimum Gasteiger partial charge on any atom is -0.379 e. The van der Waals surface area contributed by atoms with E-state index in [2.05, 4.69) is 39.6 Å². The lowest BCUT2D eigenvalue weighted by Crippen LogP contribution is -2.48. The summed E-state index contributed by atoms with van der Waals surface area (Å²) in [5.41, 5.74) is 0.317. The van der Waals surface area contributed by atoms with Crippen molar-refractivity contribution in [3.05, 3.63) is 17.8 Å². The maximum atomic E-state index is 11.4. The van der Waals surface area contributed by atoms with Gasteiger partial charge in [0.15, 0.2) is 5.69 Å². The highest BCUT2D eigenvalue weighted by molar-refractivity contribution is 5.91. The van der Waals surface area contributed by atoms with E-state index in [-0.39, 0.29) is 11.9 Å². The van der Waals surface area contributed by atoms with Crippen LogP contribution in [0.15, 0.2) is 12.1 Å². The third kappa shape index (κ3) is 4.12. The number of nitrogens with one attached hydrogen (secondary N) is 2. The smallest absolute Gasteiger partial charge is 0.271 e. The van der Waals surface area contributed by atoms with Crippen LogP contribution in [0.3, 0.4) is 0 Å². The zero-order chi connectivity index (χ0) is 15.2. The molecule has 0 aromatic carbocycles. The van der Waals surface area contributed by atoms with Gasteiger partial charge in [-0.05, 0) is 26.0 Å². The average Bonchev–Trinajstić information content (AvgIpc) is 2.55. The van der Waals surface area contributed by atoms with E-state index in [4.69, 9.17) is 4.74 Å². The molecule has 2 N–H and O–H groups in total. The van der Waals surface area contributed by atoms with E-state index in [0.717, 1.165) is 26.3 Å². The number of hydrogen-bond acceptors (Lipinski definition) is 6. The highest BCUT2D eigenvalue weighted by Crippen LogP contribution is 2.12. The molecule has 0 saturated carbocycles. The van der Waals surface area contributed by atoms with E-state index in [1.807, 2.05) is 0 Å². The Hall–Kier alpha value is -1.73. The van der Waals surface area contributed by atoms with Crippen molar-refractivity contribution in [1.29, 1.82) is 0 Å². The number of anilines is 1. The highest BCUT2D eigenvalue weighted by atomic mass is 16.5. The van der Waals surface area contributed by atoms with Crippen LogP contribution in [0.2, 0.25) is 0 Å². The average molecular weight is 293 g/mol. The molecule has 116 valence electrons. The van der Waals surface area contributed by atoms with E-state index < -0.39 is 0 Å². The van der Waals surface area contributed by atoms with Gasteiger partial charge < -0.3 is 15.4 Å². The Morgan fingerprint density at radius 2 is 2.00 bits per heavy atom. The molecule has 1 aromatic heterocycles. The molecule has 0 spiro atoms. The molecule has 1 saturated heterocycles. The number of amides is 1. The molecule has 0 bridgehead atoms. The summed E-state index contributed by atoms with van der Waals surface area (Å²) in [7, 11) is 1.57. The van der Waals surface area contributed by atoms with E-state index in [9.17, 15) is 4.79 Å². The predicted octanol–water partition coefficient (Wildman–Crippen LogP) is 0.357. The summed E-state index contributed by atoms with van der Waals surface area (Å²) in [5, 5.41) is 13.8. The van der Waals surface area contributed by atoms with E-state index >= 15 is 0 Å². The molecule has 7 heteroatoms. The van der Waals surface area contributed by atoms with Crippen molar-refractivity contribution < 1.29 is 9.53 Å². The van der Waals surface area contributed by atoms with Gasteiger partial charge in [-0.1, -0.05) is 0 Å². The Labute approximate surface area is 125 Å². The number of nitrogens with zero attached hydrogens (tertiary/aromatic N) is 3. The standard InChI is InChI=1S/C14H23N5O2/c1-10(11(2)19-6-8-21-9-7-19)16-13-5-4-12(17-18-13)14(20)15-3/h4-5,10-11H,6-9H2,1-3H3,(H,15,20)(H,16,18). The molecule has 21 heavy (non-hydrogen) atoms. The van der Waals surface area contributed by atoms with Crippen molar-refractivity contribution in [2.75, 3.05) is 38.7 Å². The lowest BCUT2D eigenvalue weighted by molar-refractivity contribution is 0.0175. The molecule has 2 heterocycles. The lowest BCUT2D eigenvalue weighted by atomic mass is 10.1. The molecule has 0 radical (unpaired) electrons. The number of aromatic nitrogens is 2. The number of carbonyl (C=O) groups excluding carboxylic acids is 1. The van der Waals surface area contributed by atoms with Crippen molar-refractivity contribution in [2.45, 2.75) is 25.9 Å². The third-order valence-electron chi connectivity index (χ3n) is 3.85. The first-order valence-electron chi connectivity index (χ1n) is 7.26. The molecule has 7 nitrogen and oxygen atoms in total. The Balaban J connectivity index is 1.92. The first kappa shape index (κ1) is 15.7. The van der Waals surface area contributed by atoms with Gasteiger partial charge in [-0.25, -0.2) is 0 Å². The molecule has 1 aliphatic heterocycles. The maximum Gasteiger partial charge on any atom is 0.271 e. The zero-order valence-electron chi connectivity index (χ0n) is 12.8. The van der Waals surface area contributed by atoms with Crippen molar-refractivity contribution >= 4 is 11.7 Å². The Kier molecular flexibility index (Phi) is 5.46. The largest absolute Gasteiger partial charge is 0.379 e. The minimum absolute atomic E-state index is 0.225. The van der Waals surface area contributed by atoms with Crippen molar-refractivity contribution in [1.82, 2.24) is 20.4 Å². The molecule has 2 unspecified atom stereocenters. The van der Waals surface area contributed by atoms with Crippen LogP contribution in [0, 0.1) is 0 Å². The van der Waals surface area contributed by atoms with Gasteiger partial charge in [0.1, 0.15) is 5.82 Å². The zero-order valence-corrected chi connectivity index (χ0v) is 12.8. The SMILES string of the molecule is CNC(=O)c1ccc(NC(C)C(C)N2CCOCC2)nn1. The predicted molar refractivity (Wildman–Crippen MR) is 80.4 cm³/mol. The summed E-state index contributed by atoms with van der Waals surface area (Å²) < 4.78 is 5.37. The molecule has 1 aliphatic rings. The van der Waals surface area contributed by atoms with Gasteiger partial charge in [0.05, 0.1) is 13.2 Å². The Bertz CT molecular complexity index is 459. The fourth-order valence-electron chi connectivity index (χ4n) is 2.31. The second kappa shape index (κ2) is 7.33. The van der Waals surface area contributed by atoms with Gasteiger partial charge in [0.2, 0.25) is 0 Å². The van der Waals surface area contributed by atoms with E-state index in [1.54, 1.807) is 19.2 Å². The van der Waals surface area contributed by atoms with Gasteiger partial charge >= 0.3 is 0 Å². The van der Waals surface area contributed by atoms with Crippen LogP contribution in [-0.4, -0.2) is 66.4 Å². The number of hydrogen-bond donors (Lipinski definition) is 2. The van der Waals surface area contributed by atoms with E-state index in [0.29, 0.717) is 17.6 Å². The monoisotopic (exact) mass is 293 g/mol. The highest BCUT2D eigenvalue weighted by Gasteiger charge is 2.22. The molecule has 1 amide bonds. The topological polar surface area (TPSA) is 79.4 Å². The first-order chi connectivity index (χ1) is 10.1. The minimum atomic E-state index is -0.233. The molecule has 2 atom stereocenters. The summed E-state index contributed by atoms with van der Waals surface area (Å²) in [6.45, 7) is 7.79. The van der Waals surface area contributed by atoms with Gasteiger partial charge in [0.25, 0.3) is 5.91 Å². The van der Waals surface area contributed by atoms with Gasteiger partial charge in [0, 0.05) is 32.2 Å². The van der Waals surface area contributed by atoms with Crippen LogP contribution in [0.25, 0.3) is 0 Å². The van der Waals surface area contributed by atoms with Crippen LogP contribution in [0.4, 0.5) is 5.82 Å². The van der Waals surface area contributed by atoms with E-state index in [1.165, 1.54) is 0 Å². The summed E-state index contributed by atoms with van der Waals surface area (Å²) >= 11 is 0. The molecule has 0 aliphatic carbocycles. The van der Waals surface area contributed by atoms with Gasteiger partial charge in [-0.15, -0.1) is 10.2 Å². The fourth-order valence-corrected chi connectivity index (χ4v) is 2.31. The number of morpholine rings is 1. The molecule has 2 rings (SSSR count). The molecular weight excluding hydrogens is 270 g/mol. The van der Waals surface area contributed by atoms with Crippen molar-refractivity contribution in [3.8, 4) is 0 Å². The number of carbonyl (C=O) groups is 1. The third-order valence-corrected chi connectivity index (χ3v) is 3.85. The van der Waals surface area contributed by atoms with Crippen LogP contribution in [-0.2, 0) is 4.74 Å². The summed E-state index contributed by atoms with van der Waals surface area (Å²) in [6.07, 6.45) is 0. The second-order valence-electron chi connectivity index (χ2n) is 5.20. The fraction of sp³-hybridized carbons (Fsp3) is 0.643. The summed E-state index contributed by atoms with van der Waals surface area (Å²) in [6, 6.07) is 4.04. The maximum absolute atomic E-state index is 11.4. The van der Waals surface area contributed by atoms with Gasteiger partial charge in [-0.2, -0.15) is 0 Å². The van der Waals surface area contributed by atoms with Crippen molar-refractivity contribution in [3.63, 3.8) is 0 Å². The quantitative estimate of drug-likeness (QED) is 0.816. The molecular formula is C14H23N5O2. The molecule has 1 aromatic rings. The summed E-state index contributed by atoms with van der Waals surface area (Å²) in [4.78, 5) is 13.8. The molecule has 1 fully saturated rings.